The molecule has 0 amide bonds. The summed E-state index contributed by atoms with van der Waals surface area (Å²) < 4.78 is 35.3. The van der Waals surface area contributed by atoms with E-state index in [-0.39, 0.29) is 17.3 Å². The van der Waals surface area contributed by atoms with Gasteiger partial charge >= 0.3 is 0 Å². The fourth-order valence-electron chi connectivity index (χ4n) is 1.16. The maximum atomic E-state index is 11.9. The molecule has 0 aliphatic carbocycles. The summed E-state index contributed by atoms with van der Waals surface area (Å²) in [6, 6.07) is 5.05. The molecule has 1 aromatic carbocycles. The van der Waals surface area contributed by atoms with Crippen molar-refractivity contribution in [2.24, 2.45) is 0 Å². The first-order chi connectivity index (χ1) is 7.85. The van der Waals surface area contributed by atoms with Crippen LogP contribution in [0.1, 0.15) is 6.92 Å². The predicted octanol–water partition coefficient (Wildman–Crippen LogP) is 1.57. The Morgan fingerprint density at radius 3 is 2.65 bits per heavy atom. The van der Waals surface area contributed by atoms with Crippen molar-refractivity contribution in [1.29, 1.82) is 0 Å². The Morgan fingerprint density at radius 1 is 1.41 bits per heavy atom. The Bertz CT molecular complexity index is 528. The van der Waals surface area contributed by atoms with Crippen molar-refractivity contribution >= 4 is 42.3 Å². The molecule has 0 heterocycles. The van der Waals surface area contributed by atoms with Crippen molar-refractivity contribution < 1.29 is 12.6 Å². The van der Waals surface area contributed by atoms with Crippen molar-refractivity contribution in [2.75, 3.05) is 23.0 Å². The topological polar surface area (TPSA) is 77.2 Å². The lowest BCUT2D eigenvalue weighted by molar-refractivity contribution is 0.598. The summed E-state index contributed by atoms with van der Waals surface area (Å²) in [7, 11) is -4.48. The van der Waals surface area contributed by atoms with Gasteiger partial charge in [-0.05, 0) is 18.2 Å². The van der Waals surface area contributed by atoms with Crippen molar-refractivity contribution in [3.05, 3.63) is 22.7 Å². The van der Waals surface area contributed by atoms with Gasteiger partial charge in [0.15, 0.2) is 9.84 Å². The molecule has 7 heteroatoms. The average molecular weight is 340 g/mol. The van der Waals surface area contributed by atoms with Crippen LogP contribution in [0, 0.1) is 0 Å². The van der Waals surface area contributed by atoms with Crippen LogP contribution in [-0.4, -0.2) is 29.9 Å². The van der Waals surface area contributed by atoms with Crippen LogP contribution in [-0.2, 0) is 20.6 Å². The summed E-state index contributed by atoms with van der Waals surface area (Å²) in [4.78, 5) is 0.477. The third-order valence-electron chi connectivity index (χ3n) is 2.24. The number of sulfone groups is 1. The van der Waals surface area contributed by atoms with Gasteiger partial charge in [-0.3, -0.25) is 4.21 Å². The number of anilines is 1. The molecule has 96 valence electrons. The number of rotatable bonds is 5. The Balaban J connectivity index is 2.81. The van der Waals surface area contributed by atoms with Crippen molar-refractivity contribution in [3.8, 4) is 0 Å². The van der Waals surface area contributed by atoms with Crippen LogP contribution in [0.5, 0.6) is 0 Å². The van der Waals surface area contributed by atoms with Crippen molar-refractivity contribution in [2.45, 2.75) is 11.8 Å². The van der Waals surface area contributed by atoms with E-state index in [0.717, 1.165) is 4.47 Å². The summed E-state index contributed by atoms with van der Waals surface area (Å²) in [5.74, 6) is 0.0665. The minimum atomic E-state index is -3.09. The number of nitrogens with two attached hydrogens (primary N) is 1. The third-order valence-corrected chi connectivity index (χ3v) is 6.12. The Hall–Kier alpha value is -0.400. The fraction of sp³-hybridized carbons (Fsp3) is 0.400. The van der Waals surface area contributed by atoms with Crippen molar-refractivity contribution in [3.63, 3.8) is 0 Å². The molecule has 0 bridgehead atoms. The number of halogens is 1. The highest BCUT2D eigenvalue weighted by Crippen LogP contribution is 2.21. The molecule has 0 fully saturated rings. The van der Waals surface area contributed by atoms with E-state index >= 15 is 0 Å². The molecule has 4 nitrogen and oxygen atoms in total. The average Bonchev–Trinajstić information content (AvgIpc) is 2.29. The summed E-state index contributed by atoms with van der Waals surface area (Å²) in [6.07, 6.45) is 0. The first-order valence-corrected chi connectivity index (χ1v) is 8.93. The number of benzene rings is 1. The zero-order valence-electron chi connectivity index (χ0n) is 9.35. The quantitative estimate of drug-likeness (QED) is 0.826. The third kappa shape index (κ3) is 4.40. The Morgan fingerprint density at radius 2 is 2.06 bits per heavy atom. The van der Waals surface area contributed by atoms with Crippen LogP contribution in [0.15, 0.2) is 27.6 Å². The molecule has 1 atom stereocenters. The monoisotopic (exact) mass is 339 g/mol. The van der Waals surface area contributed by atoms with E-state index in [1.54, 1.807) is 25.1 Å². The lowest BCUT2D eigenvalue weighted by Gasteiger charge is -2.06. The maximum absolute atomic E-state index is 11.9. The van der Waals surface area contributed by atoms with Crippen LogP contribution in [0.2, 0.25) is 0 Å². The van der Waals surface area contributed by atoms with Gasteiger partial charge in [-0.15, -0.1) is 0 Å². The summed E-state index contributed by atoms with van der Waals surface area (Å²) >= 11 is 3.26. The van der Waals surface area contributed by atoms with Gasteiger partial charge in [-0.25, -0.2) is 8.42 Å². The Labute approximate surface area is 112 Å². The van der Waals surface area contributed by atoms with Crippen LogP contribution in [0.3, 0.4) is 0 Å². The van der Waals surface area contributed by atoms with Gasteiger partial charge in [0.2, 0.25) is 0 Å². The van der Waals surface area contributed by atoms with E-state index in [9.17, 15) is 12.6 Å². The summed E-state index contributed by atoms with van der Waals surface area (Å²) in [5.41, 5.74) is 6.12. The molecule has 2 N–H and O–H groups in total. The molecule has 17 heavy (non-hydrogen) atoms. The van der Waals surface area contributed by atoms with Gasteiger partial charge in [0.25, 0.3) is 0 Å². The maximum Gasteiger partial charge on any atom is 0.150 e. The fourth-order valence-corrected chi connectivity index (χ4v) is 4.39. The van der Waals surface area contributed by atoms with Gasteiger partial charge in [0, 0.05) is 21.7 Å². The minimum absolute atomic E-state index is 0.0676. The smallest absolute Gasteiger partial charge is 0.150 e. The highest BCUT2D eigenvalue weighted by atomic mass is 79.9. The second kappa shape index (κ2) is 5.97. The van der Waals surface area contributed by atoms with Crippen LogP contribution >= 0.6 is 15.9 Å². The number of nitrogen functional groups attached to an aromatic ring is 1. The van der Waals surface area contributed by atoms with E-state index in [2.05, 4.69) is 15.9 Å². The van der Waals surface area contributed by atoms with E-state index in [0.29, 0.717) is 10.6 Å². The normalized spacial score (nSPS) is 13.5. The molecule has 0 saturated heterocycles. The van der Waals surface area contributed by atoms with Gasteiger partial charge < -0.3 is 5.73 Å². The highest BCUT2D eigenvalue weighted by Gasteiger charge is 2.13. The second-order valence-corrected chi connectivity index (χ2v) is 8.40. The molecular formula is C10H14BrNO3S2. The van der Waals surface area contributed by atoms with Crippen LogP contribution in [0.25, 0.3) is 0 Å². The minimum Gasteiger partial charge on any atom is -0.398 e. The number of hydrogen-bond acceptors (Lipinski definition) is 4. The molecular weight excluding hydrogens is 326 g/mol. The van der Waals surface area contributed by atoms with Crippen LogP contribution in [0.4, 0.5) is 5.69 Å². The van der Waals surface area contributed by atoms with Crippen LogP contribution < -0.4 is 5.73 Å². The predicted molar refractivity (Wildman–Crippen MR) is 74.2 cm³/mol. The molecule has 0 aliphatic heterocycles. The number of hydrogen-bond donors (Lipinski definition) is 1. The van der Waals surface area contributed by atoms with Crippen molar-refractivity contribution in [1.82, 2.24) is 0 Å². The first-order valence-electron chi connectivity index (χ1n) is 4.99. The van der Waals surface area contributed by atoms with E-state index in [4.69, 9.17) is 5.73 Å². The van der Waals surface area contributed by atoms with Gasteiger partial charge in [-0.2, -0.15) is 0 Å². The molecule has 1 aromatic rings. The van der Waals surface area contributed by atoms with E-state index < -0.39 is 20.6 Å². The standard InChI is InChI=1S/C10H14BrNO3S2/c1-2-17(14,15)6-5-16(13)10-7-8(11)3-4-9(10)12/h3-4,7H,2,5-6,12H2,1H3. The van der Waals surface area contributed by atoms with E-state index in [1.165, 1.54) is 0 Å². The lowest BCUT2D eigenvalue weighted by Crippen LogP contribution is -2.15. The first kappa shape index (κ1) is 14.7. The largest absolute Gasteiger partial charge is 0.398 e. The molecule has 0 spiro atoms. The zero-order valence-corrected chi connectivity index (χ0v) is 12.6. The lowest BCUT2D eigenvalue weighted by atomic mass is 10.3. The Kier molecular flexibility index (Phi) is 5.15. The molecule has 0 aliphatic rings. The molecule has 0 saturated carbocycles. The summed E-state index contributed by atoms with van der Waals surface area (Å²) in [5, 5.41) is 0. The van der Waals surface area contributed by atoms with Gasteiger partial charge in [0.1, 0.15) is 0 Å². The highest BCUT2D eigenvalue weighted by molar-refractivity contribution is 9.10. The molecule has 1 rings (SSSR count). The second-order valence-electron chi connectivity index (χ2n) is 3.47. The zero-order chi connectivity index (χ0) is 13.1. The van der Waals surface area contributed by atoms with Gasteiger partial charge in [-0.1, -0.05) is 22.9 Å². The molecule has 0 radical (unpaired) electrons. The van der Waals surface area contributed by atoms with E-state index in [1.807, 2.05) is 0 Å². The SMILES string of the molecule is CCS(=O)(=O)CCS(=O)c1cc(Br)ccc1N. The van der Waals surface area contributed by atoms with Gasteiger partial charge in [0.05, 0.1) is 21.4 Å². The summed E-state index contributed by atoms with van der Waals surface area (Å²) in [6.45, 7) is 1.58. The molecule has 0 aromatic heterocycles. The molecule has 1 unspecified atom stereocenters.